The number of rotatable bonds is 5. The topological polar surface area (TPSA) is 18.5 Å². The summed E-state index contributed by atoms with van der Waals surface area (Å²) in [6, 6.07) is 8.89. The van der Waals surface area contributed by atoms with Crippen LogP contribution in [0.25, 0.3) is 0 Å². The van der Waals surface area contributed by atoms with Crippen molar-refractivity contribution in [2.75, 3.05) is 26.9 Å². The Morgan fingerprint density at radius 1 is 1.28 bits per heavy atom. The number of hydrogen-bond acceptors (Lipinski definition) is 2. The monoisotopic (exact) mass is 312 g/mol. The summed E-state index contributed by atoms with van der Waals surface area (Å²) in [6.45, 7) is 2.59. The summed E-state index contributed by atoms with van der Waals surface area (Å²) in [6.07, 6.45) is 3.30. The molecule has 18 heavy (non-hydrogen) atoms. The lowest BCUT2D eigenvalue weighted by Gasteiger charge is -2.26. The van der Waals surface area contributed by atoms with Crippen LogP contribution in [0.3, 0.4) is 0 Å². The highest BCUT2D eigenvalue weighted by molar-refractivity contribution is 9.09. The largest absolute Gasteiger partial charge is 0.384 e. The molecular weight excluding hydrogens is 292 g/mol. The van der Waals surface area contributed by atoms with Crippen molar-refractivity contribution in [1.29, 1.82) is 0 Å². The molecule has 0 spiro atoms. The molecule has 3 heteroatoms. The highest BCUT2D eigenvalue weighted by atomic mass is 79.9. The van der Waals surface area contributed by atoms with Crippen molar-refractivity contribution in [2.45, 2.75) is 24.1 Å². The van der Waals surface area contributed by atoms with E-state index in [0.29, 0.717) is 10.7 Å². The molecule has 1 fully saturated rings. The summed E-state index contributed by atoms with van der Waals surface area (Å²) in [5.74, 6) is 0.698. The Labute approximate surface area is 118 Å². The van der Waals surface area contributed by atoms with Gasteiger partial charge in [-0.05, 0) is 36.3 Å². The predicted molar refractivity (Wildman–Crippen MR) is 77.2 cm³/mol. The molecule has 1 heterocycles. The molecule has 0 aromatic heterocycles. The van der Waals surface area contributed by atoms with Gasteiger partial charge in [0, 0.05) is 25.2 Å². The second-order valence-corrected chi connectivity index (χ2v) is 5.82. The van der Waals surface area contributed by atoms with E-state index in [0.717, 1.165) is 39.1 Å². The molecule has 2 nitrogen and oxygen atoms in total. The molecular formula is C15H21BrO2. The Morgan fingerprint density at radius 3 is 2.56 bits per heavy atom. The first kappa shape index (κ1) is 14.0. The zero-order valence-corrected chi connectivity index (χ0v) is 12.5. The molecule has 1 aliphatic heterocycles. The Kier molecular flexibility index (Phi) is 5.67. The minimum Gasteiger partial charge on any atom is -0.384 e. The van der Waals surface area contributed by atoms with Crippen molar-refractivity contribution >= 4 is 15.9 Å². The third-order valence-electron chi connectivity index (χ3n) is 3.57. The second-order valence-electron chi connectivity index (χ2n) is 4.84. The van der Waals surface area contributed by atoms with E-state index in [9.17, 15) is 0 Å². The van der Waals surface area contributed by atoms with E-state index in [2.05, 4.69) is 40.2 Å². The fraction of sp³-hybridized carbons (Fsp3) is 0.600. The lowest BCUT2D eigenvalue weighted by molar-refractivity contribution is 0.0662. The fourth-order valence-electron chi connectivity index (χ4n) is 2.37. The predicted octanol–water partition coefficient (Wildman–Crippen LogP) is 3.74. The molecule has 1 aliphatic rings. The van der Waals surface area contributed by atoms with Gasteiger partial charge in [0.15, 0.2) is 0 Å². The summed E-state index contributed by atoms with van der Waals surface area (Å²) in [4.78, 5) is 0.456. The van der Waals surface area contributed by atoms with Gasteiger partial charge in [0.2, 0.25) is 0 Å². The van der Waals surface area contributed by atoms with Gasteiger partial charge in [0.05, 0.1) is 6.61 Å². The maximum atomic E-state index is 5.41. The average Bonchev–Trinajstić information content (AvgIpc) is 2.46. The van der Waals surface area contributed by atoms with Crippen LogP contribution in [0.4, 0.5) is 0 Å². The average molecular weight is 313 g/mol. The maximum Gasteiger partial charge on any atom is 0.0502 e. The minimum absolute atomic E-state index is 0.456. The summed E-state index contributed by atoms with van der Waals surface area (Å²) in [5.41, 5.74) is 2.72. The SMILES string of the molecule is COCCc1ccc(C(Br)C2CCOCC2)cc1. The van der Waals surface area contributed by atoms with Crippen LogP contribution in [0, 0.1) is 5.92 Å². The quantitative estimate of drug-likeness (QED) is 0.771. The second kappa shape index (κ2) is 7.27. The van der Waals surface area contributed by atoms with Crippen molar-refractivity contribution in [2.24, 2.45) is 5.92 Å². The van der Waals surface area contributed by atoms with Gasteiger partial charge in [-0.15, -0.1) is 0 Å². The van der Waals surface area contributed by atoms with Gasteiger partial charge in [0.1, 0.15) is 0 Å². The van der Waals surface area contributed by atoms with Crippen LogP contribution in [0.1, 0.15) is 28.8 Å². The zero-order chi connectivity index (χ0) is 12.8. The van der Waals surface area contributed by atoms with Crippen molar-refractivity contribution in [1.82, 2.24) is 0 Å². The van der Waals surface area contributed by atoms with Crippen molar-refractivity contribution in [3.63, 3.8) is 0 Å². The first-order chi connectivity index (χ1) is 8.81. The van der Waals surface area contributed by atoms with E-state index >= 15 is 0 Å². The van der Waals surface area contributed by atoms with Crippen LogP contribution in [-0.2, 0) is 15.9 Å². The van der Waals surface area contributed by atoms with Gasteiger partial charge in [-0.1, -0.05) is 40.2 Å². The third-order valence-corrected chi connectivity index (χ3v) is 4.85. The molecule has 0 saturated carbocycles. The maximum absolute atomic E-state index is 5.41. The van der Waals surface area contributed by atoms with E-state index in [4.69, 9.17) is 9.47 Å². The number of benzene rings is 1. The molecule has 100 valence electrons. The first-order valence-electron chi connectivity index (χ1n) is 6.61. The molecule has 1 unspecified atom stereocenters. The normalized spacial score (nSPS) is 18.8. The molecule has 0 bridgehead atoms. The van der Waals surface area contributed by atoms with Gasteiger partial charge in [-0.25, -0.2) is 0 Å². The van der Waals surface area contributed by atoms with Crippen molar-refractivity contribution in [3.05, 3.63) is 35.4 Å². The summed E-state index contributed by atoms with van der Waals surface area (Å²) in [7, 11) is 1.74. The number of hydrogen-bond donors (Lipinski definition) is 0. The molecule has 2 rings (SSSR count). The highest BCUT2D eigenvalue weighted by Crippen LogP contribution is 2.36. The van der Waals surface area contributed by atoms with Gasteiger partial charge in [-0.2, -0.15) is 0 Å². The van der Waals surface area contributed by atoms with Crippen LogP contribution in [-0.4, -0.2) is 26.9 Å². The van der Waals surface area contributed by atoms with Gasteiger partial charge in [0.25, 0.3) is 0 Å². The molecule has 1 aromatic carbocycles. The Morgan fingerprint density at radius 2 is 1.94 bits per heavy atom. The molecule has 0 N–H and O–H groups in total. The van der Waals surface area contributed by atoms with Gasteiger partial charge < -0.3 is 9.47 Å². The van der Waals surface area contributed by atoms with E-state index in [1.54, 1.807) is 7.11 Å². The highest BCUT2D eigenvalue weighted by Gasteiger charge is 2.22. The summed E-state index contributed by atoms with van der Waals surface area (Å²) in [5, 5.41) is 0. The first-order valence-corrected chi connectivity index (χ1v) is 7.52. The van der Waals surface area contributed by atoms with E-state index in [-0.39, 0.29) is 0 Å². The molecule has 1 aromatic rings. The van der Waals surface area contributed by atoms with E-state index in [1.807, 2.05) is 0 Å². The standard InChI is InChI=1S/C15H21BrO2/c1-17-9-6-12-2-4-13(5-3-12)15(16)14-7-10-18-11-8-14/h2-5,14-15H,6-11H2,1H3. The van der Waals surface area contributed by atoms with Gasteiger partial charge >= 0.3 is 0 Å². The Hall–Kier alpha value is -0.380. The van der Waals surface area contributed by atoms with Crippen LogP contribution < -0.4 is 0 Å². The van der Waals surface area contributed by atoms with E-state index in [1.165, 1.54) is 11.1 Å². The number of halogens is 1. The summed E-state index contributed by atoms with van der Waals surface area (Å²) >= 11 is 3.84. The Bertz CT molecular complexity index is 344. The molecule has 0 amide bonds. The zero-order valence-electron chi connectivity index (χ0n) is 10.9. The van der Waals surface area contributed by atoms with Crippen LogP contribution in [0.2, 0.25) is 0 Å². The minimum atomic E-state index is 0.456. The molecule has 0 aliphatic carbocycles. The number of methoxy groups -OCH3 is 1. The van der Waals surface area contributed by atoms with Crippen LogP contribution >= 0.6 is 15.9 Å². The molecule has 1 atom stereocenters. The van der Waals surface area contributed by atoms with Crippen LogP contribution in [0.15, 0.2) is 24.3 Å². The van der Waals surface area contributed by atoms with Crippen molar-refractivity contribution < 1.29 is 9.47 Å². The number of alkyl halides is 1. The summed E-state index contributed by atoms with van der Waals surface area (Å²) < 4.78 is 10.5. The smallest absolute Gasteiger partial charge is 0.0502 e. The van der Waals surface area contributed by atoms with Gasteiger partial charge in [-0.3, -0.25) is 0 Å². The number of ether oxygens (including phenoxy) is 2. The molecule has 1 saturated heterocycles. The Balaban J connectivity index is 1.95. The van der Waals surface area contributed by atoms with E-state index < -0.39 is 0 Å². The third kappa shape index (κ3) is 3.81. The molecule has 0 radical (unpaired) electrons. The lowest BCUT2D eigenvalue weighted by Crippen LogP contribution is -2.19. The van der Waals surface area contributed by atoms with Crippen molar-refractivity contribution in [3.8, 4) is 0 Å². The lowest BCUT2D eigenvalue weighted by atomic mass is 9.92. The van der Waals surface area contributed by atoms with Crippen LogP contribution in [0.5, 0.6) is 0 Å². The fourth-order valence-corrected chi connectivity index (χ4v) is 3.20.